The third-order valence-corrected chi connectivity index (χ3v) is 4.97. The molecule has 30 heavy (non-hydrogen) atoms. The average molecular weight is 423 g/mol. The van der Waals surface area contributed by atoms with Gasteiger partial charge in [-0.2, -0.15) is 0 Å². The van der Waals surface area contributed by atoms with Crippen molar-refractivity contribution in [1.29, 1.82) is 0 Å². The van der Waals surface area contributed by atoms with E-state index in [0.717, 1.165) is 5.56 Å². The summed E-state index contributed by atoms with van der Waals surface area (Å²) in [5, 5.41) is 0.586. The molecule has 4 nitrogen and oxygen atoms in total. The Balaban J connectivity index is 1.55. The summed E-state index contributed by atoms with van der Waals surface area (Å²) in [4.78, 5) is 24.9. The lowest BCUT2D eigenvalue weighted by Gasteiger charge is -2.10. The Morgan fingerprint density at radius 3 is 2.57 bits per heavy atom. The second-order valence-electron chi connectivity index (χ2n) is 6.80. The Morgan fingerprint density at radius 2 is 1.83 bits per heavy atom. The maximum Gasteiger partial charge on any atom is 0.315 e. The number of fused-ring (bicyclic) bond motifs is 1. The average Bonchev–Trinajstić information content (AvgIpc) is 3.04. The highest BCUT2D eigenvalue weighted by atomic mass is 35.5. The normalized spacial score (nSPS) is 13.8. The van der Waals surface area contributed by atoms with Gasteiger partial charge >= 0.3 is 5.97 Å². The third-order valence-electron chi connectivity index (χ3n) is 4.71. The van der Waals surface area contributed by atoms with E-state index in [1.807, 2.05) is 0 Å². The molecule has 0 bridgehead atoms. The number of allylic oxidation sites excluding steroid dienone is 1. The predicted molar refractivity (Wildman–Crippen MR) is 111 cm³/mol. The van der Waals surface area contributed by atoms with Crippen LogP contribution >= 0.6 is 11.6 Å². The summed E-state index contributed by atoms with van der Waals surface area (Å²) in [6.07, 6.45) is 1.44. The van der Waals surface area contributed by atoms with Crippen molar-refractivity contribution in [3.05, 3.63) is 99.5 Å². The number of rotatable bonds is 4. The minimum Gasteiger partial charge on any atom is -0.452 e. The Kier molecular flexibility index (Phi) is 5.38. The molecule has 0 amide bonds. The predicted octanol–water partition coefficient (Wildman–Crippen LogP) is 5.55. The lowest BCUT2D eigenvalue weighted by molar-refractivity contribution is -0.133. The van der Waals surface area contributed by atoms with Gasteiger partial charge in [-0.05, 0) is 48.9 Å². The van der Waals surface area contributed by atoms with Crippen LogP contribution in [0.5, 0.6) is 11.5 Å². The first-order valence-corrected chi connectivity index (χ1v) is 9.57. The number of benzene rings is 3. The summed E-state index contributed by atoms with van der Waals surface area (Å²) in [5.74, 6) is -0.636. The van der Waals surface area contributed by atoms with Crippen LogP contribution in [0.15, 0.2) is 66.4 Å². The molecule has 0 N–H and O–H groups in total. The molecule has 0 aromatic heterocycles. The van der Waals surface area contributed by atoms with Gasteiger partial charge in [0.15, 0.2) is 5.76 Å². The Labute approximate surface area is 177 Å². The SMILES string of the molecule is Cc1c(OC(=O)Cc2ccc(Cl)cc2)ccc2c1O/C(=C\c1ccccc1F)C2=O. The summed E-state index contributed by atoms with van der Waals surface area (Å²) in [5.41, 5.74) is 1.88. The van der Waals surface area contributed by atoms with Gasteiger partial charge in [-0.15, -0.1) is 0 Å². The molecule has 6 heteroatoms. The number of carbonyl (C=O) groups excluding carboxylic acids is 2. The molecule has 3 aromatic carbocycles. The quantitative estimate of drug-likeness (QED) is 0.314. The molecule has 1 aliphatic rings. The van der Waals surface area contributed by atoms with Crippen LogP contribution in [0.1, 0.15) is 27.0 Å². The fourth-order valence-electron chi connectivity index (χ4n) is 3.14. The fraction of sp³-hybridized carbons (Fsp3) is 0.0833. The minimum absolute atomic E-state index is 0.0165. The van der Waals surface area contributed by atoms with Crippen molar-refractivity contribution < 1.29 is 23.5 Å². The van der Waals surface area contributed by atoms with Gasteiger partial charge in [0.25, 0.3) is 0 Å². The second-order valence-corrected chi connectivity index (χ2v) is 7.24. The Bertz CT molecular complexity index is 1180. The molecule has 3 aromatic rings. The molecular formula is C24H16ClFO4. The number of Topliss-reactive ketones (excluding diaryl/α,β-unsaturated/α-hetero) is 1. The van der Waals surface area contributed by atoms with Crippen LogP contribution in [0.2, 0.25) is 5.02 Å². The van der Waals surface area contributed by atoms with E-state index in [4.69, 9.17) is 21.1 Å². The molecular weight excluding hydrogens is 407 g/mol. The maximum atomic E-state index is 13.9. The van der Waals surface area contributed by atoms with Crippen molar-refractivity contribution in [2.45, 2.75) is 13.3 Å². The van der Waals surface area contributed by atoms with Gasteiger partial charge in [0, 0.05) is 16.1 Å². The number of hydrogen-bond donors (Lipinski definition) is 0. The van der Waals surface area contributed by atoms with E-state index in [1.54, 1.807) is 55.5 Å². The van der Waals surface area contributed by atoms with E-state index in [2.05, 4.69) is 0 Å². The number of ketones is 1. The lowest BCUT2D eigenvalue weighted by Crippen LogP contribution is -2.12. The highest BCUT2D eigenvalue weighted by Gasteiger charge is 2.30. The molecule has 150 valence electrons. The Hall–Kier alpha value is -3.44. The van der Waals surface area contributed by atoms with Crippen molar-refractivity contribution in [3.8, 4) is 11.5 Å². The van der Waals surface area contributed by atoms with Crippen molar-refractivity contribution in [2.75, 3.05) is 0 Å². The lowest BCUT2D eigenvalue weighted by atomic mass is 10.1. The van der Waals surface area contributed by atoms with E-state index in [-0.39, 0.29) is 23.5 Å². The van der Waals surface area contributed by atoms with Crippen molar-refractivity contribution in [3.63, 3.8) is 0 Å². The topological polar surface area (TPSA) is 52.6 Å². The number of halogens is 2. The smallest absolute Gasteiger partial charge is 0.315 e. The number of ether oxygens (including phenoxy) is 2. The molecule has 0 unspecified atom stereocenters. The van der Waals surface area contributed by atoms with E-state index >= 15 is 0 Å². The van der Waals surface area contributed by atoms with E-state index < -0.39 is 11.8 Å². The van der Waals surface area contributed by atoms with Gasteiger partial charge in [-0.3, -0.25) is 9.59 Å². The largest absolute Gasteiger partial charge is 0.452 e. The molecule has 0 saturated heterocycles. The first-order valence-electron chi connectivity index (χ1n) is 9.20. The molecule has 0 atom stereocenters. The zero-order chi connectivity index (χ0) is 21.3. The van der Waals surface area contributed by atoms with Gasteiger partial charge in [0.1, 0.15) is 17.3 Å². The van der Waals surface area contributed by atoms with Gasteiger partial charge in [0.05, 0.1) is 12.0 Å². The summed E-state index contributed by atoms with van der Waals surface area (Å²) in [6, 6.07) is 16.1. The fourth-order valence-corrected chi connectivity index (χ4v) is 3.27. The molecule has 0 radical (unpaired) electrons. The molecule has 0 saturated carbocycles. The number of esters is 1. The highest BCUT2D eigenvalue weighted by molar-refractivity contribution is 6.30. The molecule has 0 fully saturated rings. The zero-order valence-corrected chi connectivity index (χ0v) is 16.7. The minimum atomic E-state index is -0.453. The molecule has 0 spiro atoms. The van der Waals surface area contributed by atoms with Crippen molar-refractivity contribution in [2.24, 2.45) is 0 Å². The molecule has 4 rings (SSSR count). The second kappa shape index (κ2) is 8.13. The monoisotopic (exact) mass is 422 g/mol. The van der Waals surface area contributed by atoms with Crippen LogP contribution in [-0.2, 0) is 11.2 Å². The summed E-state index contributed by atoms with van der Waals surface area (Å²) >= 11 is 5.85. The van der Waals surface area contributed by atoms with Crippen LogP contribution in [0.3, 0.4) is 0 Å². The van der Waals surface area contributed by atoms with Crippen LogP contribution in [0.4, 0.5) is 4.39 Å². The molecule has 1 heterocycles. The first kappa shape index (κ1) is 19.9. The molecule has 1 aliphatic heterocycles. The van der Waals surface area contributed by atoms with Gasteiger partial charge < -0.3 is 9.47 Å². The van der Waals surface area contributed by atoms with E-state index in [0.29, 0.717) is 27.6 Å². The number of carbonyl (C=O) groups is 2. The molecule has 0 aliphatic carbocycles. The van der Waals surface area contributed by atoms with Gasteiger partial charge in [-0.25, -0.2) is 4.39 Å². The summed E-state index contributed by atoms with van der Waals surface area (Å²) in [6.45, 7) is 1.70. The van der Waals surface area contributed by atoms with Crippen LogP contribution in [-0.4, -0.2) is 11.8 Å². The third kappa shape index (κ3) is 3.98. The zero-order valence-electron chi connectivity index (χ0n) is 15.9. The van der Waals surface area contributed by atoms with Crippen LogP contribution in [0, 0.1) is 12.7 Å². The maximum absolute atomic E-state index is 13.9. The first-order chi connectivity index (χ1) is 14.4. The van der Waals surface area contributed by atoms with Crippen LogP contribution < -0.4 is 9.47 Å². The summed E-state index contributed by atoms with van der Waals surface area (Å²) < 4.78 is 25.1. The van der Waals surface area contributed by atoms with Crippen LogP contribution in [0.25, 0.3) is 6.08 Å². The highest BCUT2D eigenvalue weighted by Crippen LogP contribution is 2.39. The van der Waals surface area contributed by atoms with E-state index in [1.165, 1.54) is 18.2 Å². The van der Waals surface area contributed by atoms with E-state index in [9.17, 15) is 14.0 Å². The standard InChI is InChI=1S/C24H16ClFO4/c1-14-20(29-22(27)12-15-6-8-17(25)9-7-15)11-10-18-23(28)21(30-24(14)18)13-16-4-2-3-5-19(16)26/h2-11,13H,12H2,1H3/b21-13-. The van der Waals surface area contributed by atoms with Gasteiger partial charge in [-0.1, -0.05) is 41.9 Å². The summed E-state index contributed by atoms with van der Waals surface area (Å²) in [7, 11) is 0. The van der Waals surface area contributed by atoms with Crippen molar-refractivity contribution in [1.82, 2.24) is 0 Å². The number of hydrogen-bond acceptors (Lipinski definition) is 4. The van der Waals surface area contributed by atoms with Gasteiger partial charge in [0.2, 0.25) is 5.78 Å². The Morgan fingerprint density at radius 1 is 1.10 bits per heavy atom. The van der Waals surface area contributed by atoms with Crippen molar-refractivity contribution >= 4 is 29.4 Å².